The highest BCUT2D eigenvalue weighted by Crippen LogP contribution is 1.96. The molecule has 0 rings (SSSR count). The van der Waals surface area contributed by atoms with Crippen molar-refractivity contribution in [2.24, 2.45) is 0 Å². The number of rotatable bonds is 6. The molecule has 0 aromatic carbocycles. The summed E-state index contributed by atoms with van der Waals surface area (Å²) in [6.07, 6.45) is 1.31. The van der Waals surface area contributed by atoms with Gasteiger partial charge in [0.15, 0.2) is 0 Å². The Labute approximate surface area is 68.7 Å². The fraction of sp³-hybridized carbons (Fsp3) is 1.00. The lowest BCUT2D eigenvalue weighted by molar-refractivity contribution is 0.199. The summed E-state index contributed by atoms with van der Waals surface area (Å²) in [5, 5.41) is 0. The highest BCUT2D eigenvalue weighted by molar-refractivity contribution is 7.91. The number of hydrogen-bond donors (Lipinski definition) is 0. The van der Waals surface area contributed by atoms with E-state index < -0.39 is 9.84 Å². The molecule has 0 saturated heterocycles. The second-order valence-electron chi connectivity index (χ2n) is 2.50. The molecular formula is C7H16O3S. The quantitative estimate of drug-likeness (QED) is 0.569. The summed E-state index contributed by atoms with van der Waals surface area (Å²) < 4.78 is 26.9. The zero-order valence-corrected chi connectivity index (χ0v) is 7.99. The van der Waals surface area contributed by atoms with Gasteiger partial charge in [0.2, 0.25) is 0 Å². The number of hydrogen-bond acceptors (Lipinski definition) is 3. The zero-order valence-electron chi connectivity index (χ0n) is 7.17. The number of methoxy groups -OCH3 is 1. The fourth-order valence-electron chi connectivity index (χ4n) is 0.836. The normalized spacial score (nSPS) is 11.8. The molecule has 68 valence electrons. The van der Waals surface area contributed by atoms with Gasteiger partial charge >= 0.3 is 0 Å². The van der Waals surface area contributed by atoms with Gasteiger partial charge in [-0.3, -0.25) is 0 Å². The van der Waals surface area contributed by atoms with E-state index in [1.807, 2.05) is 6.92 Å². The standard InChI is InChI=1S/C7H16O3S/c1-3-6-11(8,9)7-4-5-10-2/h3-7H2,1-2H3. The second kappa shape index (κ2) is 5.55. The lowest BCUT2D eigenvalue weighted by Crippen LogP contribution is -2.11. The summed E-state index contributed by atoms with van der Waals surface area (Å²) in [5.41, 5.74) is 0. The van der Waals surface area contributed by atoms with E-state index >= 15 is 0 Å². The third kappa shape index (κ3) is 6.31. The second-order valence-corrected chi connectivity index (χ2v) is 4.80. The molecule has 0 N–H and O–H groups in total. The smallest absolute Gasteiger partial charge is 0.150 e. The molecule has 0 aromatic rings. The van der Waals surface area contributed by atoms with E-state index in [4.69, 9.17) is 4.74 Å². The number of sulfone groups is 1. The summed E-state index contributed by atoms with van der Waals surface area (Å²) in [4.78, 5) is 0. The van der Waals surface area contributed by atoms with Crippen LogP contribution in [0.3, 0.4) is 0 Å². The maximum atomic E-state index is 11.0. The summed E-state index contributed by atoms with van der Waals surface area (Å²) in [5.74, 6) is 0.561. The van der Waals surface area contributed by atoms with E-state index in [0.29, 0.717) is 25.2 Å². The molecule has 3 nitrogen and oxygen atoms in total. The van der Waals surface area contributed by atoms with Crippen LogP contribution in [0, 0.1) is 0 Å². The van der Waals surface area contributed by atoms with Gasteiger partial charge in [0.1, 0.15) is 9.84 Å². The minimum absolute atomic E-state index is 0.259. The van der Waals surface area contributed by atoms with Crippen LogP contribution >= 0.6 is 0 Å². The van der Waals surface area contributed by atoms with Crippen LogP contribution in [0.2, 0.25) is 0 Å². The lowest BCUT2D eigenvalue weighted by Gasteiger charge is -2.00. The Bertz CT molecular complexity index is 172. The monoisotopic (exact) mass is 180 g/mol. The van der Waals surface area contributed by atoms with Crippen LogP contribution in [0.15, 0.2) is 0 Å². The molecule has 0 aliphatic heterocycles. The molecule has 0 bridgehead atoms. The molecule has 0 atom stereocenters. The van der Waals surface area contributed by atoms with Crippen LogP contribution in [0.25, 0.3) is 0 Å². The van der Waals surface area contributed by atoms with Gasteiger partial charge in [0, 0.05) is 19.5 Å². The summed E-state index contributed by atoms with van der Waals surface area (Å²) in [6.45, 7) is 2.40. The first-order valence-corrected chi connectivity index (χ1v) is 5.64. The van der Waals surface area contributed by atoms with E-state index in [9.17, 15) is 8.42 Å². The summed E-state index contributed by atoms with van der Waals surface area (Å²) in [6, 6.07) is 0. The Balaban J connectivity index is 3.56. The molecule has 0 radical (unpaired) electrons. The molecule has 0 aromatic heterocycles. The van der Waals surface area contributed by atoms with Crippen LogP contribution in [-0.2, 0) is 14.6 Å². The Kier molecular flexibility index (Phi) is 5.50. The molecular weight excluding hydrogens is 164 g/mol. The van der Waals surface area contributed by atoms with Gasteiger partial charge in [0.25, 0.3) is 0 Å². The van der Waals surface area contributed by atoms with Crippen molar-refractivity contribution >= 4 is 9.84 Å². The molecule has 0 spiro atoms. The molecule has 0 heterocycles. The van der Waals surface area contributed by atoms with E-state index in [0.717, 1.165) is 0 Å². The highest BCUT2D eigenvalue weighted by Gasteiger charge is 2.07. The first-order chi connectivity index (χ1) is 5.12. The first kappa shape index (κ1) is 10.9. The van der Waals surface area contributed by atoms with E-state index in [2.05, 4.69) is 0 Å². The minimum Gasteiger partial charge on any atom is -0.385 e. The fourth-order valence-corrected chi connectivity index (χ4v) is 2.22. The molecule has 0 fully saturated rings. The Hall–Kier alpha value is -0.0900. The maximum Gasteiger partial charge on any atom is 0.150 e. The SMILES string of the molecule is CCCS(=O)(=O)CCCOC. The largest absolute Gasteiger partial charge is 0.385 e. The Morgan fingerprint density at radius 2 is 1.91 bits per heavy atom. The van der Waals surface area contributed by atoms with E-state index in [1.165, 1.54) is 0 Å². The van der Waals surface area contributed by atoms with Gasteiger partial charge in [0.05, 0.1) is 5.75 Å². The lowest BCUT2D eigenvalue weighted by atomic mass is 10.5. The first-order valence-electron chi connectivity index (χ1n) is 3.81. The van der Waals surface area contributed by atoms with Crippen LogP contribution in [-0.4, -0.2) is 33.6 Å². The van der Waals surface area contributed by atoms with E-state index in [1.54, 1.807) is 7.11 Å². The van der Waals surface area contributed by atoms with Gasteiger partial charge in [-0.25, -0.2) is 8.42 Å². The Morgan fingerprint density at radius 1 is 1.27 bits per heavy atom. The molecule has 0 aliphatic carbocycles. The van der Waals surface area contributed by atoms with Gasteiger partial charge in [-0.15, -0.1) is 0 Å². The topological polar surface area (TPSA) is 43.4 Å². The molecule has 11 heavy (non-hydrogen) atoms. The molecule has 0 aliphatic rings. The van der Waals surface area contributed by atoms with Crippen molar-refractivity contribution in [3.8, 4) is 0 Å². The minimum atomic E-state index is -2.78. The van der Waals surface area contributed by atoms with Crippen molar-refractivity contribution in [1.82, 2.24) is 0 Å². The van der Waals surface area contributed by atoms with Gasteiger partial charge in [-0.2, -0.15) is 0 Å². The van der Waals surface area contributed by atoms with Gasteiger partial charge in [-0.05, 0) is 12.8 Å². The summed E-state index contributed by atoms with van der Waals surface area (Å²) in [7, 11) is -1.21. The summed E-state index contributed by atoms with van der Waals surface area (Å²) >= 11 is 0. The van der Waals surface area contributed by atoms with Gasteiger partial charge < -0.3 is 4.74 Å². The van der Waals surface area contributed by atoms with Crippen LogP contribution in [0.1, 0.15) is 19.8 Å². The highest BCUT2D eigenvalue weighted by atomic mass is 32.2. The van der Waals surface area contributed by atoms with Crippen molar-refractivity contribution in [3.05, 3.63) is 0 Å². The average Bonchev–Trinajstić information content (AvgIpc) is 1.87. The van der Waals surface area contributed by atoms with Gasteiger partial charge in [-0.1, -0.05) is 6.92 Å². The molecule has 0 saturated carbocycles. The molecule has 0 unspecified atom stereocenters. The maximum absolute atomic E-state index is 11.0. The van der Waals surface area contributed by atoms with E-state index in [-0.39, 0.29) is 5.75 Å². The average molecular weight is 180 g/mol. The van der Waals surface area contributed by atoms with Crippen LogP contribution in [0.5, 0.6) is 0 Å². The van der Waals surface area contributed by atoms with Crippen molar-refractivity contribution in [2.75, 3.05) is 25.2 Å². The predicted octanol–water partition coefficient (Wildman–Crippen LogP) is 0.848. The Morgan fingerprint density at radius 3 is 2.36 bits per heavy atom. The molecule has 0 amide bonds. The number of ether oxygens (including phenoxy) is 1. The van der Waals surface area contributed by atoms with Crippen molar-refractivity contribution in [2.45, 2.75) is 19.8 Å². The van der Waals surface area contributed by atoms with Crippen molar-refractivity contribution in [3.63, 3.8) is 0 Å². The third-order valence-corrected chi connectivity index (χ3v) is 3.26. The third-order valence-electron chi connectivity index (χ3n) is 1.32. The molecule has 4 heteroatoms. The predicted molar refractivity (Wildman–Crippen MR) is 45.4 cm³/mol. The zero-order chi connectivity index (χ0) is 8.74. The van der Waals surface area contributed by atoms with Crippen molar-refractivity contribution < 1.29 is 13.2 Å². The van der Waals surface area contributed by atoms with Crippen molar-refractivity contribution in [1.29, 1.82) is 0 Å². The van der Waals surface area contributed by atoms with Crippen LogP contribution < -0.4 is 0 Å². The van der Waals surface area contributed by atoms with Crippen LogP contribution in [0.4, 0.5) is 0 Å².